The Morgan fingerprint density at radius 1 is 1.14 bits per heavy atom. The van der Waals surface area contributed by atoms with E-state index in [9.17, 15) is 10.1 Å². The van der Waals surface area contributed by atoms with E-state index in [0.717, 1.165) is 11.3 Å². The first kappa shape index (κ1) is 28.8. The van der Waals surface area contributed by atoms with Crippen molar-refractivity contribution in [3.63, 3.8) is 0 Å². The first-order chi connectivity index (χ1) is 20.5. The van der Waals surface area contributed by atoms with Crippen LogP contribution in [0.4, 0.5) is 5.82 Å². The maximum absolute atomic E-state index is 13.0. The average molecular weight is 568 g/mol. The van der Waals surface area contributed by atoms with Crippen molar-refractivity contribution >= 4 is 22.8 Å². The highest BCUT2D eigenvalue weighted by molar-refractivity contribution is 6.03. The molecule has 1 atom stereocenters. The van der Waals surface area contributed by atoms with Gasteiger partial charge in [-0.3, -0.25) is 4.79 Å². The van der Waals surface area contributed by atoms with Crippen LogP contribution in [-0.4, -0.2) is 77.4 Å². The smallest absolute Gasteiger partial charge is 0.246 e. The van der Waals surface area contributed by atoms with Crippen LogP contribution in [-0.2, 0) is 14.4 Å². The molecular formula is C31H33N7O4. The van der Waals surface area contributed by atoms with E-state index in [4.69, 9.17) is 20.0 Å². The minimum Gasteiger partial charge on any atom is -0.457 e. The van der Waals surface area contributed by atoms with E-state index in [0.29, 0.717) is 73.1 Å². The molecule has 42 heavy (non-hydrogen) atoms. The Labute approximate surface area is 244 Å². The fourth-order valence-corrected chi connectivity index (χ4v) is 5.20. The van der Waals surface area contributed by atoms with Gasteiger partial charge in [0, 0.05) is 44.9 Å². The average Bonchev–Trinajstić information content (AvgIpc) is 3.63. The maximum atomic E-state index is 13.0. The van der Waals surface area contributed by atoms with Gasteiger partial charge in [-0.05, 0) is 36.2 Å². The molecule has 2 N–H and O–H groups in total. The highest BCUT2D eigenvalue weighted by Crippen LogP contribution is 2.40. The van der Waals surface area contributed by atoms with Gasteiger partial charge >= 0.3 is 0 Å². The molecule has 1 saturated heterocycles. The third-order valence-corrected chi connectivity index (χ3v) is 7.25. The Morgan fingerprint density at radius 3 is 2.62 bits per heavy atom. The van der Waals surface area contributed by atoms with Crippen LogP contribution in [0.25, 0.3) is 22.2 Å². The number of likely N-dealkylation sites (tertiary alicyclic amines) is 1. The number of fused-ring (bicyclic) bond motifs is 1. The lowest BCUT2D eigenvalue weighted by Crippen LogP contribution is -2.29. The van der Waals surface area contributed by atoms with Crippen LogP contribution < -0.4 is 10.5 Å². The molecule has 1 fully saturated rings. The van der Waals surface area contributed by atoms with E-state index in [1.807, 2.05) is 59.2 Å². The van der Waals surface area contributed by atoms with Crippen LogP contribution in [0.3, 0.4) is 0 Å². The number of amides is 1. The number of ether oxygens (including phenoxy) is 2. The first-order valence-corrected chi connectivity index (χ1v) is 13.6. The molecule has 3 heterocycles. The summed E-state index contributed by atoms with van der Waals surface area (Å²) in [5, 5.41) is 12.7. The number of nitrogens with two attached hydrogens (primary N) is 1. The number of anilines is 1. The molecule has 2 aromatic carbocycles. The number of para-hydroxylation sites is 1. The van der Waals surface area contributed by atoms with Gasteiger partial charge in [-0.2, -0.15) is 10.3 Å². The number of rotatable bonds is 11. The molecule has 1 aliphatic rings. The van der Waals surface area contributed by atoms with Crippen molar-refractivity contribution in [2.24, 2.45) is 0 Å². The molecule has 4 aromatic rings. The van der Waals surface area contributed by atoms with Crippen LogP contribution in [0.15, 0.2) is 73.1 Å². The third-order valence-electron chi connectivity index (χ3n) is 7.25. The summed E-state index contributed by atoms with van der Waals surface area (Å²) in [5.74, 6) is 1.59. The van der Waals surface area contributed by atoms with Crippen LogP contribution >= 0.6 is 0 Å². The molecule has 11 heteroatoms. The minimum absolute atomic E-state index is 0.0985. The van der Waals surface area contributed by atoms with Crippen molar-refractivity contribution in [3.05, 3.63) is 78.8 Å². The van der Waals surface area contributed by atoms with Gasteiger partial charge < -0.3 is 29.5 Å². The van der Waals surface area contributed by atoms with Gasteiger partial charge in [-0.15, -0.1) is 0 Å². The van der Waals surface area contributed by atoms with Gasteiger partial charge in [0.25, 0.3) is 0 Å². The molecule has 0 unspecified atom stereocenters. The van der Waals surface area contributed by atoms with Crippen molar-refractivity contribution in [3.8, 4) is 28.7 Å². The molecule has 2 aromatic heterocycles. The van der Waals surface area contributed by atoms with Gasteiger partial charge in [0.1, 0.15) is 41.1 Å². The van der Waals surface area contributed by atoms with Gasteiger partial charge in [0.05, 0.1) is 25.1 Å². The fourth-order valence-electron chi connectivity index (χ4n) is 5.20. The summed E-state index contributed by atoms with van der Waals surface area (Å²) < 4.78 is 12.9. The lowest BCUT2D eigenvalue weighted by molar-refractivity contribution is -0.130. The van der Waals surface area contributed by atoms with Crippen molar-refractivity contribution in [1.82, 2.24) is 24.5 Å². The normalized spacial score (nSPS) is 15.1. The summed E-state index contributed by atoms with van der Waals surface area (Å²) in [6, 6.07) is 19.3. The highest BCUT2D eigenvalue weighted by Gasteiger charge is 2.32. The summed E-state index contributed by atoms with van der Waals surface area (Å²) >= 11 is 0. The topological polar surface area (TPSA) is 132 Å². The van der Waals surface area contributed by atoms with Crippen LogP contribution in [0.2, 0.25) is 0 Å². The molecule has 0 saturated carbocycles. The molecule has 1 amide bonds. The zero-order chi connectivity index (χ0) is 29.5. The quantitative estimate of drug-likeness (QED) is 0.209. The molecule has 216 valence electrons. The van der Waals surface area contributed by atoms with E-state index in [1.165, 1.54) is 6.33 Å². The van der Waals surface area contributed by atoms with Crippen molar-refractivity contribution in [2.75, 3.05) is 52.7 Å². The number of methoxy groups -OCH3 is 1. The largest absolute Gasteiger partial charge is 0.457 e. The lowest BCUT2D eigenvalue weighted by atomic mass is 10.0. The number of nitrogen functional groups attached to an aromatic ring is 1. The van der Waals surface area contributed by atoms with Crippen LogP contribution in [0.5, 0.6) is 11.5 Å². The fraction of sp³-hybridized carbons (Fsp3) is 0.290. The molecule has 1 aliphatic heterocycles. The second-order valence-electron chi connectivity index (χ2n) is 9.79. The Hall–Kier alpha value is -4.76. The van der Waals surface area contributed by atoms with Gasteiger partial charge in [0.15, 0.2) is 0 Å². The third kappa shape index (κ3) is 6.11. The van der Waals surface area contributed by atoms with Crippen molar-refractivity contribution in [2.45, 2.75) is 12.5 Å². The lowest BCUT2D eigenvalue weighted by Gasteiger charge is -2.18. The van der Waals surface area contributed by atoms with Crippen molar-refractivity contribution < 1.29 is 19.1 Å². The summed E-state index contributed by atoms with van der Waals surface area (Å²) in [6.07, 6.45) is 5.41. The van der Waals surface area contributed by atoms with E-state index in [1.54, 1.807) is 36.3 Å². The predicted molar refractivity (Wildman–Crippen MR) is 158 cm³/mol. The molecule has 0 aliphatic carbocycles. The molecular weight excluding hydrogens is 534 g/mol. The number of nitrogens with zero attached hydrogens (tertiary/aromatic N) is 6. The SMILES string of the molecule is COCCN(C/C=C/C(=O)N1CC[C@@H](n2c(C#N)c(-c3ccc(Oc4ccccc4)cc3)c3c(N)ncnc32)C1)OC. The number of carbonyl (C=O) groups excluding carboxylic acids is 1. The molecule has 11 nitrogen and oxygen atoms in total. The Kier molecular flexibility index (Phi) is 9.08. The number of hydrogen-bond acceptors (Lipinski definition) is 9. The predicted octanol–water partition coefficient (Wildman–Crippen LogP) is 4.18. The maximum Gasteiger partial charge on any atom is 0.246 e. The van der Waals surface area contributed by atoms with E-state index in [2.05, 4.69) is 16.0 Å². The monoisotopic (exact) mass is 567 g/mol. The van der Waals surface area contributed by atoms with Crippen LogP contribution in [0.1, 0.15) is 18.2 Å². The highest BCUT2D eigenvalue weighted by atomic mass is 16.7. The van der Waals surface area contributed by atoms with E-state index >= 15 is 0 Å². The van der Waals surface area contributed by atoms with Gasteiger partial charge in [-0.25, -0.2) is 9.97 Å². The molecule has 0 radical (unpaired) electrons. The number of nitriles is 1. The number of hydrogen-bond donors (Lipinski definition) is 1. The Balaban J connectivity index is 1.40. The van der Waals surface area contributed by atoms with E-state index < -0.39 is 0 Å². The number of hydroxylamine groups is 2. The zero-order valence-electron chi connectivity index (χ0n) is 23.6. The van der Waals surface area contributed by atoms with Gasteiger partial charge in [0.2, 0.25) is 5.91 Å². The Bertz CT molecular complexity index is 1600. The minimum atomic E-state index is -0.152. The summed E-state index contributed by atoms with van der Waals surface area (Å²) in [5.41, 5.74) is 8.82. The molecule has 0 bridgehead atoms. The zero-order valence-corrected chi connectivity index (χ0v) is 23.6. The second-order valence-corrected chi connectivity index (χ2v) is 9.79. The van der Waals surface area contributed by atoms with Crippen LogP contribution in [0, 0.1) is 11.3 Å². The standard InChI is InChI=1S/C31H33N7O4/c1-40-18-17-37(41-2)15-6-9-27(39)36-16-14-23(20-36)38-26(19-32)28(29-30(33)34-21-35-31(29)38)22-10-12-25(13-11-22)42-24-7-4-3-5-8-24/h3-13,21,23H,14-18,20H2,1-2H3,(H2,33,34,35)/b9-6+/t23-/m1/s1. The van der Waals surface area contributed by atoms with E-state index in [-0.39, 0.29) is 11.9 Å². The summed E-state index contributed by atoms with van der Waals surface area (Å²) in [4.78, 5) is 28.8. The number of benzene rings is 2. The number of aromatic nitrogens is 3. The Morgan fingerprint density at radius 2 is 1.90 bits per heavy atom. The summed E-state index contributed by atoms with van der Waals surface area (Å²) in [7, 11) is 3.21. The first-order valence-electron chi connectivity index (χ1n) is 13.6. The summed E-state index contributed by atoms with van der Waals surface area (Å²) in [6.45, 7) is 2.56. The second kappa shape index (κ2) is 13.3. The molecule has 5 rings (SSSR count). The number of carbonyl (C=O) groups is 1. The van der Waals surface area contributed by atoms with Gasteiger partial charge in [-0.1, -0.05) is 36.4 Å². The molecule has 0 spiro atoms. The van der Waals surface area contributed by atoms with Crippen molar-refractivity contribution in [1.29, 1.82) is 5.26 Å².